The van der Waals surface area contributed by atoms with Crippen LogP contribution in [0.1, 0.15) is 12.0 Å². The van der Waals surface area contributed by atoms with Crippen LogP contribution in [0, 0.1) is 0 Å². The van der Waals surface area contributed by atoms with Gasteiger partial charge in [0.05, 0.1) is 6.42 Å². The molecule has 0 unspecified atom stereocenters. The second-order valence-electron chi connectivity index (χ2n) is 3.58. The molecule has 0 N–H and O–H groups in total. The second-order valence-corrected chi connectivity index (χ2v) is 3.58. The van der Waals surface area contributed by atoms with Crippen LogP contribution >= 0.6 is 0 Å². The van der Waals surface area contributed by atoms with E-state index in [2.05, 4.69) is 29.1 Å². The monoisotopic (exact) mass is 208 g/mol. The first kappa shape index (κ1) is 10.3. The lowest BCUT2D eigenvalue weighted by Crippen LogP contribution is -1.97. The molecule has 1 aliphatic carbocycles. The highest BCUT2D eigenvalue weighted by Gasteiger charge is 2.05. The van der Waals surface area contributed by atoms with Gasteiger partial charge in [0.25, 0.3) is 5.71 Å². The topological polar surface area (TPSA) is 36.4 Å². The smallest absolute Gasteiger partial charge is 0.295 e. The van der Waals surface area contributed by atoms with Gasteiger partial charge in [-0.1, -0.05) is 48.6 Å². The molecular formula is C14H12N2. The summed E-state index contributed by atoms with van der Waals surface area (Å²) in [4.78, 5) is 3.16. The molecule has 0 heterocycles. The van der Waals surface area contributed by atoms with Crippen LogP contribution in [0.3, 0.4) is 0 Å². The van der Waals surface area contributed by atoms with E-state index >= 15 is 0 Å². The van der Waals surface area contributed by atoms with Crippen LogP contribution in [0.4, 0.5) is 0 Å². The summed E-state index contributed by atoms with van der Waals surface area (Å²) in [5.74, 6) is 0. The molecule has 0 radical (unpaired) electrons. The standard InChI is InChI=1S/C14H12N2/c15-16-14-10-8-13(9-11-14)7-6-12-4-2-1-3-5-12/h1-10H,11H2. The fourth-order valence-electron chi connectivity index (χ4n) is 1.51. The average Bonchev–Trinajstić information content (AvgIpc) is 2.38. The largest absolute Gasteiger partial charge is 0.361 e. The van der Waals surface area contributed by atoms with Crippen LogP contribution in [-0.4, -0.2) is 10.5 Å². The Labute approximate surface area is 94.9 Å². The quantitative estimate of drug-likeness (QED) is 0.528. The van der Waals surface area contributed by atoms with Crippen LogP contribution in [-0.2, 0) is 0 Å². The molecular weight excluding hydrogens is 196 g/mol. The minimum absolute atomic E-state index is 0.682. The van der Waals surface area contributed by atoms with Gasteiger partial charge in [0.15, 0.2) is 0 Å². The van der Waals surface area contributed by atoms with Gasteiger partial charge >= 0.3 is 0 Å². The maximum absolute atomic E-state index is 8.57. The molecule has 1 aromatic carbocycles. The molecule has 0 fully saturated rings. The lowest BCUT2D eigenvalue weighted by molar-refractivity contribution is -0.00539. The molecule has 78 valence electrons. The van der Waals surface area contributed by atoms with E-state index in [0.717, 1.165) is 5.57 Å². The van der Waals surface area contributed by atoms with Gasteiger partial charge in [-0.25, -0.2) is 0 Å². The van der Waals surface area contributed by atoms with Gasteiger partial charge in [0.2, 0.25) is 0 Å². The van der Waals surface area contributed by atoms with Gasteiger partial charge in [0, 0.05) is 6.08 Å². The Morgan fingerprint density at radius 1 is 1.06 bits per heavy atom. The molecule has 0 spiro atoms. The van der Waals surface area contributed by atoms with E-state index in [1.807, 2.05) is 36.4 Å². The maximum atomic E-state index is 8.57. The summed E-state index contributed by atoms with van der Waals surface area (Å²) in [6.45, 7) is 0. The van der Waals surface area contributed by atoms with Crippen LogP contribution < -0.4 is 0 Å². The number of allylic oxidation sites excluding steroid dienone is 5. The third kappa shape index (κ3) is 2.66. The lowest BCUT2D eigenvalue weighted by atomic mass is 10.0. The van der Waals surface area contributed by atoms with Crippen LogP contribution in [0.15, 0.2) is 60.2 Å². The zero-order valence-electron chi connectivity index (χ0n) is 8.88. The first-order valence-corrected chi connectivity index (χ1v) is 5.21. The molecule has 0 atom stereocenters. The fraction of sp³-hybridized carbons (Fsp3) is 0.0714. The molecule has 2 nitrogen and oxygen atoms in total. The lowest BCUT2D eigenvalue weighted by Gasteiger charge is -1.98. The van der Waals surface area contributed by atoms with E-state index in [1.165, 1.54) is 5.56 Å². The Hall–Kier alpha value is -2.18. The van der Waals surface area contributed by atoms with Gasteiger partial charge in [-0.15, -0.1) is 0 Å². The average molecular weight is 208 g/mol. The summed E-state index contributed by atoms with van der Waals surface area (Å²) in [6.07, 6.45) is 10.6. The summed E-state index contributed by atoms with van der Waals surface area (Å²) in [7, 11) is 0. The summed E-state index contributed by atoms with van der Waals surface area (Å²) in [5.41, 5.74) is 11.6. The number of hydrogen-bond acceptors (Lipinski definition) is 0. The second kappa shape index (κ2) is 5.06. The van der Waals surface area contributed by atoms with E-state index in [0.29, 0.717) is 12.1 Å². The Morgan fingerprint density at radius 3 is 2.50 bits per heavy atom. The number of hydrogen-bond donors (Lipinski definition) is 0. The molecule has 2 heteroatoms. The minimum atomic E-state index is 0.682. The van der Waals surface area contributed by atoms with E-state index in [4.69, 9.17) is 5.53 Å². The van der Waals surface area contributed by atoms with E-state index in [9.17, 15) is 0 Å². The molecule has 0 saturated heterocycles. The molecule has 0 bridgehead atoms. The Kier molecular flexibility index (Phi) is 3.27. The summed E-state index contributed by atoms with van der Waals surface area (Å²) in [5, 5.41) is 0. The first-order valence-electron chi connectivity index (χ1n) is 5.21. The predicted octanol–water partition coefficient (Wildman–Crippen LogP) is 3.26. The summed E-state index contributed by atoms with van der Waals surface area (Å²) < 4.78 is 0. The molecule has 0 saturated carbocycles. The summed E-state index contributed by atoms with van der Waals surface area (Å²) >= 11 is 0. The molecule has 0 aliphatic heterocycles. The molecule has 2 rings (SSSR count). The Balaban J connectivity index is 2.08. The molecule has 1 aliphatic rings. The van der Waals surface area contributed by atoms with Crippen molar-refractivity contribution >= 4 is 11.8 Å². The molecule has 1 aromatic rings. The minimum Gasteiger partial charge on any atom is -0.361 e. The van der Waals surface area contributed by atoms with Crippen molar-refractivity contribution in [1.29, 1.82) is 0 Å². The zero-order chi connectivity index (χ0) is 11.2. The van der Waals surface area contributed by atoms with Crippen molar-refractivity contribution < 1.29 is 4.79 Å². The Bertz CT molecular complexity index is 501. The number of nitrogens with zero attached hydrogens (tertiary/aromatic N) is 2. The van der Waals surface area contributed by atoms with Gasteiger partial charge in [-0.3, -0.25) is 0 Å². The van der Waals surface area contributed by atoms with Crippen molar-refractivity contribution in [2.45, 2.75) is 6.42 Å². The molecule has 0 amide bonds. The number of benzene rings is 1. The van der Waals surface area contributed by atoms with E-state index in [-0.39, 0.29) is 0 Å². The normalized spacial score (nSPS) is 15.0. The highest BCUT2D eigenvalue weighted by Crippen LogP contribution is 2.11. The SMILES string of the molecule is [N-]=[N+]=C1C=CC(C=Cc2ccccc2)=CC1. The van der Waals surface area contributed by atoms with Crippen molar-refractivity contribution in [3.05, 3.63) is 71.3 Å². The zero-order valence-corrected chi connectivity index (χ0v) is 8.88. The van der Waals surface area contributed by atoms with Crippen molar-refractivity contribution in [2.75, 3.05) is 0 Å². The fourth-order valence-corrected chi connectivity index (χ4v) is 1.51. The van der Waals surface area contributed by atoms with Crippen molar-refractivity contribution in [3.63, 3.8) is 0 Å². The molecule has 0 aromatic heterocycles. The van der Waals surface area contributed by atoms with Crippen molar-refractivity contribution in [2.24, 2.45) is 0 Å². The maximum Gasteiger partial charge on any atom is 0.295 e. The number of rotatable bonds is 2. The predicted molar refractivity (Wildman–Crippen MR) is 65.9 cm³/mol. The first-order chi connectivity index (χ1) is 7.88. The van der Waals surface area contributed by atoms with Gasteiger partial charge < -0.3 is 5.53 Å². The highest BCUT2D eigenvalue weighted by atomic mass is 14.8. The van der Waals surface area contributed by atoms with E-state index in [1.54, 1.807) is 0 Å². The van der Waals surface area contributed by atoms with E-state index < -0.39 is 0 Å². The highest BCUT2D eigenvalue weighted by molar-refractivity contribution is 5.93. The van der Waals surface area contributed by atoms with Crippen LogP contribution in [0.5, 0.6) is 0 Å². The van der Waals surface area contributed by atoms with Crippen molar-refractivity contribution in [3.8, 4) is 0 Å². The van der Waals surface area contributed by atoms with Gasteiger partial charge in [-0.05, 0) is 17.2 Å². The molecule has 16 heavy (non-hydrogen) atoms. The van der Waals surface area contributed by atoms with Gasteiger partial charge in [0.1, 0.15) is 0 Å². The third-order valence-electron chi connectivity index (χ3n) is 2.41. The Morgan fingerprint density at radius 2 is 1.88 bits per heavy atom. The summed E-state index contributed by atoms with van der Waals surface area (Å²) in [6, 6.07) is 10.2. The van der Waals surface area contributed by atoms with Crippen LogP contribution in [0.25, 0.3) is 11.6 Å². The van der Waals surface area contributed by atoms with Crippen molar-refractivity contribution in [1.82, 2.24) is 0 Å². The van der Waals surface area contributed by atoms with Gasteiger partial charge in [-0.2, -0.15) is 4.79 Å². The third-order valence-corrected chi connectivity index (χ3v) is 2.41. The van der Waals surface area contributed by atoms with Crippen LogP contribution in [0.2, 0.25) is 0 Å².